The third kappa shape index (κ3) is 10.1. The number of aromatic hydroxyl groups is 1. The normalized spacial score (nSPS) is 12.7. The molecular weight excluding hydrogens is 391 g/mol. The number of hydrogen-bond donors (Lipinski definition) is 1. The van der Waals surface area contributed by atoms with Gasteiger partial charge in [0.1, 0.15) is 5.75 Å². The first-order valence-electron chi connectivity index (χ1n) is 7.59. The predicted octanol–water partition coefficient (Wildman–Crippen LogP) is 6.39. The molecule has 0 atom stereocenters. The zero-order valence-corrected chi connectivity index (χ0v) is 20.1. The van der Waals surface area contributed by atoms with Gasteiger partial charge in [0.25, 0.3) is 0 Å². The molecule has 1 aliphatic carbocycles. The van der Waals surface area contributed by atoms with Crippen molar-refractivity contribution in [2.24, 2.45) is 0 Å². The summed E-state index contributed by atoms with van der Waals surface area (Å²) in [4.78, 5) is 0. The molecule has 1 aromatic rings. The molecule has 5 heteroatoms. The fourth-order valence-corrected chi connectivity index (χ4v) is 3.37. The molecule has 0 unspecified atom stereocenters. The van der Waals surface area contributed by atoms with Crippen LogP contribution in [0.5, 0.6) is 5.75 Å². The van der Waals surface area contributed by atoms with Gasteiger partial charge in [-0.15, -0.1) is 31.2 Å². The van der Waals surface area contributed by atoms with Crippen LogP contribution in [0.2, 0.25) is 19.6 Å². The standard InChI is InChI=1S/C11H16O.C8H13Si.2ClH.Ti/c1-8-5-9(11(2,3)4)7-10(12)6-8;1-9(2,3)8-6-4-5-7-8;;;/h5-7,12H,1-4H3;4,6H,5H2,1-3H3;2*1H;/q;-1;;;. The van der Waals surface area contributed by atoms with E-state index in [-0.39, 0.29) is 51.9 Å². The summed E-state index contributed by atoms with van der Waals surface area (Å²) in [6.07, 6.45) is 8.82. The molecular formula is C19H31Cl2OSiTi-. The fourth-order valence-electron chi connectivity index (χ4n) is 2.12. The average molecular weight is 422 g/mol. The number of allylic oxidation sites excluding steroid dienone is 4. The monoisotopic (exact) mass is 421 g/mol. The van der Waals surface area contributed by atoms with Gasteiger partial charge in [-0.1, -0.05) is 46.5 Å². The Hall–Kier alpha value is 0.0112. The molecule has 2 rings (SSSR count). The minimum atomic E-state index is -1.01. The van der Waals surface area contributed by atoms with Crippen molar-refractivity contribution in [1.29, 1.82) is 0 Å². The first-order chi connectivity index (χ1) is 9.50. The van der Waals surface area contributed by atoms with Gasteiger partial charge in [0.15, 0.2) is 0 Å². The van der Waals surface area contributed by atoms with Gasteiger partial charge < -0.3 is 5.11 Å². The summed E-state index contributed by atoms with van der Waals surface area (Å²) in [5.41, 5.74) is 2.41. The molecule has 1 nitrogen and oxygen atoms in total. The van der Waals surface area contributed by atoms with E-state index in [2.05, 4.69) is 64.7 Å². The van der Waals surface area contributed by atoms with E-state index in [0.29, 0.717) is 5.75 Å². The number of halogens is 2. The van der Waals surface area contributed by atoms with Crippen molar-refractivity contribution in [2.75, 3.05) is 0 Å². The Morgan fingerprint density at radius 3 is 1.88 bits per heavy atom. The van der Waals surface area contributed by atoms with E-state index in [1.807, 2.05) is 13.0 Å². The third-order valence-corrected chi connectivity index (χ3v) is 5.39. The second kappa shape index (κ2) is 11.6. The van der Waals surface area contributed by atoms with Crippen LogP contribution in [0.15, 0.2) is 35.5 Å². The van der Waals surface area contributed by atoms with Crippen molar-refractivity contribution < 1.29 is 26.8 Å². The molecule has 0 amide bonds. The first kappa shape index (κ1) is 28.8. The topological polar surface area (TPSA) is 20.2 Å². The van der Waals surface area contributed by atoms with E-state index >= 15 is 0 Å². The zero-order chi connectivity index (χ0) is 16.3. The Bertz CT molecular complexity index is 535. The number of benzene rings is 1. The Labute approximate surface area is 176 Å². The van der Waals surface area contributed by atoms with Crippen LogP contribution in [0.3, 0.4) is 0 Å². The SMILES string of the molecule is C[Si](C)(C)C1=[C-]CC=C1.Cc1cc(O)cc(C(C)(C)C)c1.Cl.Cl.[Ti]. The van der Waals surface area contributed by atoms with Crippen LogP contribution in [0.4, 0.5) is 0 Å². The van der Waals surface area contributed by atoms with E-state index < -0.39 is 8.07 Å². The molecule has 0 heterocycles. The van der Waals surface area contributed by atoms with Crippen molar-refractivity contribution >= 4 is 32.9 Å². The number of phenolic OH excluding ortho intramolecular Hbond substituents is 1. The summed E-state index contributed by atoms with van der Waals surface area (Å²) in [5, 5.41) is 10.8. The number of rotatable bonds is 1. The molecule has 0 aromatic heterocycles. The second-order valence-electron chi connectivity index (χ2n) is 7.75. The summed E-state index contributed by atoms with van der Waals surface area (Å²) >= 11 is 0. The molecule has 0 aliphatic heterocycles. The van der Waals surface area contributed by atoms with Gasteiger partial charge in [0.05, 0.1) is 0 Å². The molecule has 0 fully saturated rings. The van der Waals surface area contributed by atoms with Crippen molar-refractivity contribution in [3.63, 3.8) is 0 Å². The van der Waals surface area contributed by atoms with Gasteiger partial charge in [-0.3, -0.25) is 6.08 Å². The second-order valence-corrected chi connectivity index (χ2v) is 12.8. The summed E-state index contributed by atoms with van der Waals surface area (Å²) in [6, 6.07) is 5.71. The van der Waals surface area contributed by atoms with E-state index in [1.165, 1.54) is 10.8 Å². The van der Waals surface area contributed by atoms with Crippen LogP contribution >= 0.6 is 24.8 Å². The van der Waals surface area contributed by atoms with E-state index in [0.717, 1.165) is 12.0 Å². The third-order valence-electron chi connectivity index (χ3n) is 3.43. The summed E-state index contributed by atoms with van der Waals surface area (Å²) in [7, 11) is -1.01. The van der Waals surface area contributed by atoms with Gasteiger partial charge in [-0.2, -0.15) is 6.08 Å². The summed E-state index contributed by atoms with van der Waals surface area (Å²) in [6.45, 7) is 15.5. The molecule has 0 bridgehead atoms. The molecule has 1 aliphatic rings. The van der Waals surface area contributed by atoms with Crippen molar-refractivity contribution in [1.82, 2.24) is 0 Å². The molecule has 136 valence electrons. The summed E-state index contributed by atoms with van der Waals surface area (Å²) < 4.78 is 0. The van der Waals surface area contributed by atoms with Crippen molar-refractivity contribution in [3.05, 3.63) is 52.8 Å². The quantitative estimate of drug-likeness (QED) is 0.411. The van der Waals surface area contributed by atoms with Crippen LogP contribution in [0.25, 0.3) is 0 Å². The van der Waals surface area contributed by atoms with Crippen LogP contribution in [0, 0.1) is 13.0 Å². The van der Waals surface area contributed by atoms with Gasteiger partial charge >= 0.3 is 0 Å². The Balaban J connectivity index is -0.000000336. The molecule has 1 N–H and O–H groups in total. The fraction of sp³-hybridized carbons (Fsp3) is 0.474. The maximum atomic E-state index is 9.36. The Morgan fingerprint density at radius 2 is 1.58 bits per heavy atom. The van der Waals surface area contributed by atoms with Gasteiger partial charge in [0, 0.05) is 29.8 Å². The molecule has 1 aromatic carbocycles. The summed E-state index contributed by atoms with van der Waals surface area (Å²) in [5.74, 6) is 0.361. The molecule has 0 saturated heterocycles. The van der Waals surface area contributed by atoms with Crippen LogP contribution in [-0.2, 0) is 27.1 Å². The zero-order valence-electron chi connectivity index (χ0n) is 15.9. The van der Waals surface area contributed by atoms with E-state index in [1.54, 1.807) is 6.07 Å². The predicted molar refractivity (Wildman–Crippen MR) is 110 cm³/mol. The van der Waals surface area contributed by atoms with Crippen molar-refractivity contribution in [2.45, 2.75) is 59.2 Å². The Kier molecular flexibility index (Phi) is 13.9. The molecule has 0 spiro atoms. The maximum absolute atomic E-state index is 9.36. The average Bonchev–Trinajstić information content (AvgIpc) is 2.79. The number of aryl methyl sites for hydroxylation is 1. The Morgan fingerprint density at radius 1 is 1.04 bits per heavy atom. The molecule has 0 saturated carbocycles. The first-order valence-corrected chi connectivity index (χ1v) is 11.1. The van der Waals surface area contributed by atoms with Crippen molar-refractivity contribution in [3.8, 4) is 5.75 Å². The van der Waals surface area contributed by atoms with Gasteiger partial charge in [-0.25, -0.2) is 11.3 Å². The molecule has 0 radical (unpaired) electrons. The number of hydrogen-bond acceptors (Lipinski definition) is 1. The minimum absolute atomic E-state index is 0. The van der Waals surface area contributed by atoms with Gasteiger partial charge in [-0.05, 0) is 35.6 Å². The van der Waals surface area contributed by atoms with Crippen LogP contribution in [-0.4, -0.2) is 13.2 Å². The van der Waals surface area contributed by atoms with E-state index in [9.17, 15) is 5.11 Å². The molecule has 24 heavy (non-hydrogen) atoms. The maximum Gasteiger partial charge on any atom is 0.116 e. The smallest absolute Gasteiger partial charge is 0.116 e. The minimum Gasteiger partial charge on any atom is -0.508 e. The van der Waals surface area contributed by atoms with Crippen LogP contribution in [0.1, 0.15) is 38.3 Å². The van der Waals surface area contributed by atoms with Crippen LogP contribution < -0.4 is 0 Å². The van der Waals surface area contributed by atoms with E-state index in [4.69, 9.17) is 0 Å². The van der Waals surface area contributed by atoms with Gasteiger partial charge in [0.2, 0.25) is 0 Å². The largest absolute Gasteiger partial charge is 0.508 e. The number of phenols is 1.